The molecule has 0 aliphatic carbocycles. The van der Waals surface area contributed by atoms with Crippen LogP contribution in [-0.2, 0) is 14.8 Å². The summed E-state index contributed by atoms with van der Waals surface area (Å²) in [6, 6.07) is 12.7. The van der Waals surface area contributed by atoms with Crippen molar-refractivity contribution < 1.29 is 22.7 Å². The molecule has 1 fully saturated rings. The first-order valence-corrected chi connectivity index (χ1v) is 12.7. The first kappa shape index (κ1) is 22.5. The van der Waals surface area contributed by atoms with Crippen LogP contribution in [0.5, 0.6) is 11.5 Å². The maximum atomic E-state index is 12.7. The van der Waals surface area contributed by atoms with E-state index in [2.05, 4.69) is 4.90 Å². The van der Waals surface area contributed by atoms with Crippen LogP contribution in [0.1, 0.15) is 12.8 Å². The summed E-state index contributed by atoms with van der Waals surface area (Å²) in [6.45, 7) is 3.06. The number of ether oxygens (including phenoxy) is 2. The van der Waals surface area contributed by atoms with Crippen LogP contribution in [-0.4, -0.2) is 65.0 Å². The van der Waals surface area contributed by atoms with Crippen molar-refractivity contribution in [3.8, 4) is 11.5 Å². The predicted octanol–water partition coefficient (Wildman–Crippen LogP) is 2.96. The van der Waals surface area contributed by atoms with Crippen LogP contribution in [0.4, 0.5) is 11.4 Å². The number of fused-ring (bicyclic) bond motifs is 1. The van der Waals surface area contributed by atoms with E-state index >= 15 is 0 Å². The zero-order valence-corrected chi connectivity index (χ0v) is 19.4. The number of hydrogen-bond acceptors (Lipinski definition) is 6. The molecule has 0 N–H and O–H groups in total. The van der Waals surface area contributed by atoms with Gasteiger partial charge in [0.05, 0.1) is 11.9 Å². The summed E-state index contributed by atoms with van der Waals surface area (Å²) in [5.41, 5.74) is 1.55. The monoisotopic (exact) mass is 479 g/mol. The smallest absolute Gasteiger partial charge is 0.232 e. The van der Waals surface area contributed by atoms with E-state index in [0.717, 1.165) is 25.0 Å². The summed E-state index contributed by atoms with van der Waals surface area (Å²) >= 11 is 6.08. The number of amides is 1. The Labute approximate surface area is 193 Å². The average molecular weight is 480 g/mol. The largest absolute Gasteiger partial charge is 0.454 e. The van der Waals surface area contributed by atoms with Crippen LogP contribution >= 0.6 is 11.6 Å². The first-order valence-electron chi connectivity index (χ1n) is 10.5. The molecular formula is C22H26ClN3O5S. The second kappa shape index (κ2) is 9.46. The molecule has 2 aliphatic rings. The number of benzene rings is 2. The fourth-order valence-electron chi connectivity index (χ4n) is 3.95. The molecule has 2 aliphatic heterocycles. The highest BCUT2D eigenvalue weighted by atomic mass is 35.5. The van der Waals surface area contributed by atoms with E-state index in [-0.39, 0.29) is 25.7 Å². The van der Waals surface area contributed by atoms with Crippen molar-refractivity contribution in [2.24, 2.45) is 0 Å². The Morgan fingerprint density at radius 2 is 1.81 bits per heavy atom. The predicted molar refractivity (Wildman–Crippen MR) is 124 cm³/mol. The van der Waals surface area contributed by atoms with Crippen molar-refractivity contribution in [2.45, 2.75) is 12.8 Å². The van der Waals surface area contributed by atoms with Gasteiger partial charge in [0, 0.05) is 55.9 Å². The maximum Gasteiger partial charge on any atom is 0.232 e. The molecular weight excluding hydrogens is 454 g/mol. The van der Waals surface area contributed by atoms with Gasteiger partial charge in [0.1, 0.15) is 0 Å². The number of halogens is 1. The van der Waals surface area contributed by atoms with Crippen LogP contribution in [0.25, 0.3) is 0 Å². The summed E-state index contributed by atoms with van der Waals surface area (Å²) < 4.78 is 36.6. The Bertz CT molecular complexity index is 1090. The fourth-order valence-corrected chi connectivity index (χ4v) is 5.09. The number of anilines is 2. The highest BCUT2D eigenvalue weighted by Crippen LogP contribution is 2.36. The van der Waals surface area contributed by atoms with Crippen molar-refractivity contribution in [1.29, 1.82) is 0 Å². The van der Waals surface area contributed by atoms with Gasteiger partial charge in [-0.15, -0.1) is 0 Å². The van der Waals surface area contributed by atoms with Gasteiger partial charge in [0.25, 0.3) is 0 Å². The standard InChI is InChI=1S/C22H26ClN3O5S/c1-32(28,29)26(19-7-8-20-21(15-19)31-16-30-20)9-3-6-22(27)25-12-10-24(11-13-25)18-5-2-4-17(23)14-18/h2,4-5,7-8,14-15H,3,6,9-13,16H2,1H3. The fraction of sp³-hybridized carbons (Fsp3) is 0.409. The Morgan fingerprint density at radius 1 is 1.06 bits per heavy atom. The lowest BCUT2D eigenvalue weighted by atomic mass is 10.2. The molecule has 10 heteroatoms. The van der Waals surface area contributed by atoms with Gasteiger partial charge in [-0.25, -0.2) is 8.42 Å². The van der Waals surface area contributed by atoms with Crippen molar-refractivity contribution >= 4 is 38.9 Å². The zero-order chi connectivity index (χ0) is 22.7. The minimum Gasteiger partial charge on any atom is -0.454 e. The van der Waals surface area contributed by atoms with E-state index in [9.17, 15) is 13.2 Å². The van der Waals surface area contributed by atoms with E-state index in [4.69, 9.17) is 21.1 Å². The molecule has 2 aromatic carbocycles. The number of hydrogen-bond donors (Lipinski definition) is 0. The topological polar surface area (TPSA) is 79.4 Å². The van der Waals surface area contributed by atoms with Crippen molar-refractivity contribution in [2.75, 3.05) is 55.0 Å². The summed E-state index contributed by atoms with van der Waals surface area (Å²) in [5.74, 6) is 1.15. The molecule has 0 unspecified atom stereocenters. The lowest BCUT2D eigenvalue weighted by Gasteiger charge is -2.36. The lowest BCUT2D eigenvalue weighted by molar-refractivity contribution is -0.131. The van der Waals surface area contributed by atoms with Gasteiger partial charge in [0.2, 0.25) is 22.7 Å². The van der Waals surface area contributed by atoms with Gasteiger partial charge in [0.15, 0.2) is 11.5 Å². The van der Waals surface area contributed by atoms with Crippen LogP contribution in [0, 0.1) is 0 Å². The molecule has 0 radical (unpaired) electrons. The molecule has 4 rings (SSSR count). The van der Waals surface area contributed by atoms with Crippen LogP contribution in [0.2, 0.25) is 5.02 Å². The Balaban J connectivity index is 1.30. The number of carbonyl (C=O) groups is 1. The molecule has 0 bridgehead atoms. The number of rotatable bonds is 7. The molecule has 8 nitrogen and oxygen atoms in total. The lowest BCUT2D eigenvalue weighted by Crippen LogP contribution is -2.48. The Kier molecular flexibility index (Phi) is 6.66. The van der Waals surface area contributed by atoms with E-state index in [1.165, 1.54) is 4.31 Å². The maximum absolute atomic E-state index is 12.7. The van der Waals surface area contributed by atoms with Crippen LogP contribution in [0.15, 0.2) is 42.5 Å². The van der Waals surface area contributed by atoms with Crippen LogP contribution < -0.4 is 18.7 Å². The molecule has 32 heavy (non-hydrogen) atoms. The first-order chi connectivity index (χ1) is 15.3. The quantitative estimate of drug-likeness (QED) is 0.607. The van der Waals surface area contributed by atoms with Crippen LogP contribution in [0.3, 0.4) is 0 Å². The summed E-state index contributed by atoms with van der Waals surface area (Å²) in [6.07, 6.45) is 1.87. The van der Waals surface area contributed by atoms with Crippen molar-refractivity contribution in [3.63, 3.8) is 0 Å². The third-order valence-electron chi connectivity index (χ3n) is 5.60. The van der Waals surface area contributed by atoms with Crippen molar-refractivity contribution in [1.82, 2.24) is 4.90 Å². The zero-order valence-electron chi connectivity index (χ0n) is 17.9. The SMILES string of the molecule is CS(=O)(=O)N(CCCC(=O)N1CCN(c2cccc(Cl)c2)CC1)c1ccc2c(c1)OCO2. The third-order valence-corrected chi connectivity index (χ3v) is 7.03. The molecule has 1 saturated heterocycles. The van der Waals surface area contributed by atoms with Gasteiger partial charge in [-0.3, -0.25) is 9.10 Å². The minimum absolute atomic E-state index is 0.0369. The van der Waals surface area contributed by atoms with Gasteiger partial charge >= 0.3 is 0 Å². The number of piperazine rings is 1. The number of nitrogens with zero attached hydrogens (tertiary/aromatic N) is 3. The highest BCUT2D eigenvalue weighted by molar-refractivity contribution is 7.92. The van der Waals surface area contributed by atoms with E-state index in [0.29, 0.717) is 41.7 Å². The molecule has 2 heterocycles. The molecule has 0 saturated carbocycles. The second-order valence-corrected chi connectivity index (χ2v) is 10.2. The summed E-state index contributed by atoms with van der Waals surface area (Å²) in [5, 5.41) is 0.693. The molecule has 1 amide bonds. The van der Waals surface area contributed by atoms with Crippen molar-refractivity contribution in [3.05, 3.63) is 47.5 Å². The Hall–Kier alpha value is -2.65. The van der Waals surface area contributed by atoms with E-state index < -0.39 is 10.0 Å². The number of carbonyl (C=O) groups excluding carboxylic acids is 1. The molecule has 2 aromatic rings. The second-order valence-electron chi connectivity index (χ2n) is 7.82. The molecule has 172 valence electrons. The number of sulfonamides is 1. The molecule has 0 atom stereocenters. The van der Waals surface area contributed by atoms with Gasteiger partial charge in [-0.2, -0.15) is 0 Å². The van der Waals surface area contributed by atoms with Gasteiger partial charge < -0.3 is 19.3 Å². The van der Waals surface area contributed by atoms with E-state index in [1.54, 1.807) is 18.2 Å². The van der Waals surface area contributed by atoms with Gasteiger partial charge in [-0.05, 0) is 36.8 Å². The molecule has 0 aromatic heterocycles. The summed E-state index contributed by atoms with van der Waals surface area (Å²) in [7, 11) is -3.51. The normalized spacial score (nSPS) is 15.7. The highest BCUT2D eigenvalue weighted by Gasteiger charge is 2.24. The average Bonchev–Trinajstić information content (AvgIpc) is 3.24. The van der Waals surface area contributed by atoms with E-state index in [1.807, 2.05) is 29.2 Å². The van der Waals surface area contributed by atoms with Gasteiger partial charge in [-0.1, -0.05) is 17.7 Å². The molecule has 0 spiro atoms. The summed E-state index contributed by atoms with van der Waals surface area (Å²) in [4.78, 5) is 16.7. The third kappa shape index (κ3) is 5.21. The minimum atomic E-state index is -3.51. The Morgan fingerprint density at radius 3 is 2.53 bits per heavy atom.